The minimum Gasteiger partial charge on any atom is -0.416 e. The van der Waals surface area contributed by atoms with Crippen LogP contribution in [-0.4, -0.2) is 97.3 Å². The van der Waals surface area contributed by atoms with Crippen molar-refractivity contribution in [3.8, 4) is 0 Å². The smallest absolute Gasteiger partial charge is 0.416 e. The molecule has 66 heavy (non-hydrogen) atoms. The third-order valence-electron chi connectivity index (χ3n) is 10.8. The topological polar surface area (TPSA) is 223 Å². The number of amides is 1. The van der Waals surface area contributed by atoms with E-state index in [1.165, 1.54) is 0 Å². The lowest BCUT2D eigenvalue weighted by Crippen LogP contribution is -2.62. The zero-order valence-corrected chi connectivity index (χ0v) is 36.8. The maximum Gasteiger partial charge on any atom is 0.425 e. The summed E-state index contributed by atoms with van der Waals surface area (Å²) in [6, 6.07) is 37.8. The van der Waals surface area contributed by atoms with Crippen molar-refractivity contribution in [2.45, 2.75) is 101 Å². The van der Waals surface area contributed by atoms with E-state index in [0.717, 1.165) is 33.1 Å². The second kappa shape index (κ2) is 21.3. The Hall–Kier alpha value is -5.65. The first kappa shape index (κ1) is 46.9. The molecule has 0 radical (unpaired) electrons. The monoisotopic (exact) mass is 930 g/mol. The highest BCUT2D eigenvalue weighted by Gasteiger charge is 2.57. The van der Waals surface area contributed by atoms with Crippen LogP contribution in [0.1, 0.15) is 42.3 Å². The summed E-state index contributed by atoms with van der Waals surface area (Å²) < 4.78 is 90.8. The van der Waals surface area contributed by atoms with Crippen molar-refractivity contribution in [1.82, 2.24) is 19.5 Å². The van der Waals surface area contributed by atoms with Gasteiger partial charge in [0.25, 0.3) is 5.56 Å². The van der Waals surface area contributed by atoms with Crippen molar-refractivity contribution in [2.24, 2.45) is 0 Å². The molecule has 3 saturated heterocycles. The van der Waals surface area contributed by atoms with Crippen molar-refractivity contribution in [3.63, 3.8) is 0 Å². The van der Waals surface area contributed by atoms with Crippen LogP contribution in [0.15, 0.2) is 137 Å². The van der Waals surface area contributed by atoms with Crippen molar-refractivity contribution < 1.29 is 60.0 Å². The van der Waals surface area contributed by atoms with E-state index in [0.29, 0.717) is 0 Å². The fourth-order valence-electron chi connectivity index (χ4n) is 7.79. The van der Waals surface area contributed by atoms with Crippen molar-refractivity contribution in [3.05, 3.63) is 171 Å². The summed E-state index contributed by atoms with van der Waals surface area (Å²) in [5.41, 5.74) is 1.78. The Labute approximate surface area is 380 Å². The van der Waals surface area contributed by atoms with Crippen LogP contribution in [-0.2, 0) is 83.5 Å². The average Bonchev–Trinajstić information content (AvgIpc) is 3.80. The van der Waals surface area contributed by atoms with Crippen LogP contribution in [0.2, 0.25) is 0 Å². The van der Waals surface area contributed by atoms with Gasteiger partial charge in [-0.2, -0.15) is 22.9 Å². The second-order valence-corrected chi connectivity index (χ2v) is 17.4. The van der Waals surface area contributed by atoms with Crippen LogP contribution in [0, 0.1) is 0 Å². The lowest BCUT2D eigenvalue weighted by atomic mass is 9.97. The van der Waals surface area contributed by atoms with Gasteiger partial charge in [0, 0.05) is 0 Å². The van der Waals surface area contributed by atoms with E-state index in [4.69, 9.17) is 46.8 Å². The number of hydrogen-bond donors (Lipinski definition) is 2. The van der Waals surface area contributed by atoms with E-state index in [1.807, 2.05) is 121 Å². The van der Waals surface area contributed by atoms with E-state index >= 15 is 0 Å². The molecule has 3 aliphatic rings. The molecule has 4 aromatic carbocycles. The van der Waals surface area contributed by atoms with Gasteiger partial charge in [0.2, 0.25) is 6.29 Å². The first-order valence-corrected chi connectivity index (χ1v) is 22.6. The molecule has 0 spiro atoms. The molecule has 9 atom stereocenters. The van der Waals surface area contributed by atoms with Gasteiger partial charge in [-0.15, -0.1) is 0 Å². The van der Waals surface area contributed by atoms with E-state index in [2.05, 4.69) is 10.1 Å². The van der Waals surface area contributed by atoms with E-state index < -0.39 is 95.3 Å². The summed E-state index contributed by atoms with van der Waals surface area (Å²) in [6.45, 7) is 2.99. The zero-order valence-electron chi connectivity index (χ0n) is 36.0. The summed E-state index contributed by atoms with van der Waals surface area (Å²) in [6.07, 6.45) is -10.4. The number of H-pyrrole nitrogens is 1. The Kier molecular flexibility index (Phi) is 15.1. The molecule has 8 rings (SSSR count). The van der Waals surface area contributed by atoms with Gasteiger partial charge < -0.3 is 42.6 Å². The molecule has 350 valence electrons. The molecule has 3 unspecified atom stereocenters. The summed E-state index contributed by atoms with van der Waals surface area (Å²) in [7, 11) is -4.92. The Morgan fingerprint density at radius 1 is 0.682 bits per heavy atom. The maximum absolute atomic E-state index is 13.7. The number of carbonyl (C=O) groups is 1. The zero-order chi connectivity index (χ0) is 46.1. The van der Waals surface area contributed by atoms with Gasteiger partial charge in [0.05, 0.1) is 39.6 Å². The third kappa shape index (κ3) is 12.2. The quantitative estimate of drug-likeness (QED) is 0.119. The number of ether oxygens (including phenoxy) is 9. The largest absolute Gasteiger partial charge is 0.425 e. The van der Waals surface area contributed by atoms with E-state index in [-0.39, 0.29) is 33.0 Å². The van der Waals surface area contributed by atoms with E-state index in [1.54, 1.807) is 18.6 Å². The lowest BCUT2D eigenvalue weighted by Gasteiger charge is -2.45. The number of carbonyl (C=O) groups excluding carboxylic acids is 1. The standard InChI is InChI=1S/C46H50N4O15S/c1-46(2)64-38-35(61-42(40(38)65-46)50-44(52)48-36(51)23-47-50)29-60-66(54,55)49-45(53)63-43-41(59-27-33-21-13-6-14-22-33)39(58-26-32-19-11-5-12-20-32)37(57-25-31-17-9-4-10-18-31)34(62-43)28-56-24-30-15-7-3-8-16-30/h3-23,34-35,37-43H,24-29H2,1-2H3,(H,49,53)(H,48,51,52)/t34-,35-,37-,38?,39+,40?,41-,42-,43?/m1/s1. The van der Waals surface area contributed by atoms with Crippen LogP contribution in [0.3, 0.4) is 0 Å². The Morgan fingerprint density at radius 2 is 1.20 bits per heavy atom. The fraction of sp³-hybridized carbons (Fsp3) is 0.391. The molecule has 3 fully saturated rings. The molecule has 4 heterocycles. The predicted octanol–water partition coefficient (Wildman–Crippen LogP) is 4.03. The molecule has 0 bridgehead atoms. The predicted molar refractivity (Wildman–Crippen MR) is 231 cm³/mol. The molecular weight excluding hydrogens is 881 g/mol. The summed E-state index contributed by atoms with van der Waals surface area (Å²) in [5.74, 6) is -1.17. The van der Waals surface area contributed by atoms with Gasteiger partial charge in [0.15, 0.2) is 12.0 Å². The fourth-order valence-corrected chi connectivity index (χ4v) is 8.42. The molecule has 0 saturated carbocycles. The van der Waals surface area contributed by atoms with Crippen LogP contribution in [0.5, 0.6) is 0 Å². The summed E-state index contributed by atoms with van der Waals surface area (Å²) >= 11 is 0. The average molecular weight is 931 g/mol. The first-order chi connectivity index (χ1) is 31.9. The number of hydrogen-bond acceptors (Lipinski definition) is 16. The molecule has 0 aliphatic carbocycles. The van der Waals surface area contributed by atoms with Crippen LogP contribution >= 0.6 is 0 Å². The normalized spacial score (nSPS) is 25.8. The number of nitrogens with zero attached hydrogens (tertiary/aromatic N) is 2. The van der Waals surface area contributed by atoms with Crippen molar-refractivity contribution in [2.75, 3.05) is 13.2 Å². The minimum absolute atomic E-state index is 0.0252. The highest BCUT2D eigenvalue weighted by Crippen LogP contribution is 2.42. The first-order valence-electron chi connectivity index (χ1n) is 21.2. The van der Waals surface area contributed by atoms with Crippen LogP contribution in [0.25, 0.3) is 0 Å². The molecule has 1 aromatic heterocycles. The number of nitrogens with one attached hydrogen (secondary N) is 2. The molecule has 1 amide bonds. The molecular formula is C46H50N4O15S. The second-order valence-electron chi connectivity index (χ2n) is 16.1. The van der Waals surface area contributed by atoms with Gasteiger partial charge in [-0.05, 0) is 36.1 Å². The van der Waals surface area contributed by atoms with Gasteiger partial charge >= 0.3 is 22.1 Å². The maximum atomic E-state index is 13.7. The lowest BCUT2D eigenvalue weighted by molar-refractivity contribution is -0.315. The van der Waals surface area contributed by atoms with E-state index in [9.17, 15) is 22.8 Å². The highest BCUT2D eigenvalue weighted by atomic mass is 32.2. The molecule has 5 aromatic rings. The van der Waals surface area contributed by atoms with Gasteiger partial charge in [-0.3, -0.25) is 14.0 Å². The van der Waals surface area contributed by atoms with Gasteiger partial charge in [0.1, 0.15) is 48.9 Å². The highest BCUT2D eigenvalue weighted by molar-refractivity contribution is 7.85. The Morgan fingerprint density at radius 3 is 1.76 bits per heavy atom. The number of aromatic nitrogens is 3. The number of rotatable bonds is 19. The third-order valence-corrected chi connectivity index (χ3v) is 11.6. The Balaban J connectivity index is 1.02. The molecule has 19 nitrogen and oxygen atoms in total. The Bertz CT molecular complexity index is 2570. The number of benzene rings is 4. The molecule has 3 aliphatic heterocycles. The minimum atomic E-state index is -4.92. The van der Waals surface area contributed by atoms with Gasteiger partial charge in [-0.1, -0.05) is 121 Å². The van der Waals surface area contributed by atoms with Gasteiger partial charge in [-0.25, -0.2) is 9.59 Å². The van der Waals surface area contributed by atoms with Crippen LogP contribution in [0.4, 0.5) is 4.79 Å². The summed E-state index contributed by atoms with van der Waals surface area (Å²) in [4.78, 5) is 40.1. The molecule has 20 heteroatoms. The number of fused-ring (bicyclic) bond motifs is 1. The summed E-state index contributed by atoms with van der Waals surface area (Å²) in [5, 5.41) is 3.86. The number of aromatic amines is 1. The van der Waals surface area contributed by atoms with Crippen molar-refractivity contribution >= 4 is 16.4 Å². The SMILES string of the molecule is CC1(C)OC2C(O1)[C@@H](COS(=O)(=O)NC(=O)OC1O[C@H](COCc3ccccc3)[C@@H](OCc3ccccc3)[C@H](OCc3ccccc3)[C@H]1OCc1ccccc1)O[C@H]2n1ncc(=O)[nH]c1=O. The van der Waals surface area contributed by atoms with Crippen molar-refractivity contribution in [1.29, 1.82) is 0 Å². The molecule has 2 N–H and O–H groups in total. The van der Waals surface area contributed by atoms with Crippen LogP contribution < -0.4 is 16.0 Å².